The molecule has 5 nitrogen and oxygen atoms in total. The van der Waals surface area contributed by atoms with E-state index < -0.39 is 5.97 Å². The Morgan fingerprint density at radius 2 is 2.07 bits per heavy atom. The van der Waals surface area contributed by atoms with Gasteiger partial charge in [-0.2, -0.15) is 0 Å². The summed E-state index contributed by atoms with van der Waals surface area (Å²) in [4.78, 5) is 17.5. The SMILES string of the molecule is Nc1[nH]cc(-c2ccncc2)c1C(=O)O. The molecule has 5 heteroatoms. The van der Waals surface area contributed by atoms with E-state index in [-0.39, 0.29) is 11.4 Å². The molecule has 2 heterocycles. The van der Waals surface area contributed by atoms with Crippen LogP contribution in [0.5, 0.6) is 0 Å². The maximum atomic E-state index is 11.0. The summed E-state index contributed by atoms with van der Waals surface area (Å²) in [5, 5.41) is 8.98. The molecule has 0 radical (unpaired) electrons. The van der Waals surface area contributed by atoms with Crippen LogP contribution in [0.1, 0.15) is 10.4 Å². The molecule has 0 aromatic carbocycles. The average molecular weight is 203 g/mol. The number of carboxylic acid groups (broad SMARTS) is 1. The number of hydrogen-bond donors (Lipinski definition) is 3. The van der Waals surface area contributed by atoms with Gasteiger partial charge in [0.15, 0.2) is 0 Å². The van der Waals surface area contributed by atoms with Crippen molar-refractivity contribution in [1.82, 2.24) is 9.97 Å². The fraction of sp³-hybridized carbons (Fsp3) is 0. The number of H-pyrrole nitrogens is 1. The minimum atomic E-state index is -1.04. The first-order valence-corrected chi connectivity index (χ1v) is 4.30. The summed E-state index contributed by atoms with van der Waals surface area (Å²) in [5.74, 6) is -0.880. The number of aromatic amines is 1. The van der Waals surface area contributed by atoms with Gasteiger partial charge in [-0.3, -0.25) is 4.98 Å². The Labute approximate surface area is 85.6 Å². The van der Waals surface area contributed by atoms with E-state index in [1.165, 1.54) is 0 Å². The Morgan fingerprint density at radius 3 is 2.67 bits per heavy atom. The van der Waals surface area contributed by atoms with E-state index >= 15 is 0 Å². The highest BCUT2D eigenvalue weighted by Gasteiger charge is 2.16. The number of aromatic carboxylic acids is 1. The maximum absolute atomic E-state index is 11.0. The number of rotatable bonds is 2. The van der Waals surface area contributed by atoms with Crippen molar-refractivity contribution in [2.75, 3.05) is 5.73 Å². The Hall–Kier alpha value is -2.30. The lowest BCUT2D eigenvalue weighted by Crippen LogP contribution is -2.01. The van der Waals surface area contributed by atoms with E-state index in [0.29, 0.717) is 5.56 Å². The Morgan fingerprint density at radius 1 is 1.40 bits per heavy atom. The van der Waals surface area contributed by atoms with Crippen LogP contribution in [0.15, 0.2) is 30.7 Å². The number of nitrogen functional groups attached to an aromatic ring is 1. The van der Waals surface area contributed by atoms with E-state index in [2.05, 4.69) is 9.97 Å². The Balaban J connectivity index is 2.59. The van der Waals surface area contributed by atoms with Crippen molar-refractivity contribution in [3.05, 3.63) is 36.3 Å². The molecule has 0 saturated heterocycles. The van der Waals surface area contributed by atoms with Crippen LogP contribution in [0.3, 0.4) is 0 Å². The third kappa shape index (κ3) is 1.54. The van der Waals surface area contributed by atoms with E-state index in [1.54, 1.807) is 30.7 Å². The Kier molecular flexibility index (Phi) is 2.13. The molecule has 0 saturated carbocycles. The van der Waals surface area contributed by atoms with Gasteiger partial charge in [-0.25, -0.2) is 4.79 Å². The number of anilines is 1. The highest BCUT2D eigenvalue weighted by atomic mass is 16.4. The summed E-state index contributed by atoms with van der Waals surface area (Å²) < 4.78 is 0. The first-order valence-electron chi connectivity index (χ1n) is 4.30. The summed E-state index contributed by atoms with van der Waals surface area (Å²) >= 11 is 0. The number of carboxylic acids is 1. The Bertz CT molecular complexity index is 491. The molecule has 0 unspecified atom stereocenters. The van der Waals surface area contributed by atoms with E-state index in [1.807, 2.05) is 0 Å². The topological polar surface area (TPSA) is 92.0 Å². The standard InChI is InChI=1S/C10H9N3O2/c11-9-8(10(14)15)7(5-13-9)6-1-3-12-4-2-6/h1-5,13H,11H2,(H,14,15). The van der Waals surface area contributed by atoms with Gasteiger partial charge >= 0.3 is 5.97 Å². The van der Waals surface area contributed by atoms with Gasteiger partial charge in [0.05, 0.1) is 0 Å². The number of aromatic nitrogens is 2. The van der Waals surface area contributed by atoms with E-state index in [0.717, 1.165) is 5.56 Å². The number of hydrogen-bond acceptors (Lipinski definition) is 3. The minimum absolute atomic E-state index is 0.0983. The molecule has 15 heavy (non-hydrogen) atoms. The van der Waals surface area contributed by atoms with Crippen LogP contribution in [-0.2, 0) is 0 Å². The van der Waals surface area contributed by atoms with Gasteiger partial charge in [0.2, 0.25) is 0 Å². The summed E-state index contributed by atoms with van der Waals surface area (Å²) in [7, 11) is 0. The van der Waals surface area contributed by atoms with E-state index in [4.69, 9.17) is 10.8 Å². The van der Waals surface area contributed by atoms with Crippen LogP contribution in [0.2, 0.25) is 0 Å². The zero-order chi connectivity index (χ0) is 10.8. The van der Waals surface area contributed by atoms with Gasteiger partial charge in [0.1, 0.15) is 11.4 Å². The third-order valence-corrected chi connectivity index (χ3v) is 2.12. The summed E-state index contributed by atoms with van der Waals surface area (Å²) in [6, 6.07) is 3.46. The van der Waals surface area contributed by atoms with Crippen LogP contribution in [0, 0.1) is 0 Å². The molecule has 0 aliphatic carbocycles. The summed E-state index contributed by atoms with van der Waals surface area (Å²) in [6.07, 6.45) is 4.78. The molecule has 2 aromatic heterocycles. The average Bonchev–Trinajstić information content (AvgIpc) is 2.61. The molecule has 4 N–H and O–H groups in total. The molecule has 0 aliphatic rings. The number of nitrogens with one attached hydrogen (secondary N) is 1. The number of pyridine rings is 1. The first kappa shape index (κ1) is 9.26. The van der Waals surface area contributed by atoms with Crippen molar-refractivity contribution in [2.24, 2.45) is 0 Å². The van der Waals surface area contributed by atoms with Gasteiger partial charge in [-0.15, -0.1) is 0 Å². The second-order valence-electron chi connectivity index (χ2n) is 3.03. The van der Waals surface area contributed by atoms with Crippen molar-refractivity contribution in [3.8, 4) is 11.1 Å². The fourth-order valence-electron chi connectivity index (χ4n) is 1.43. The van der Waals surface area contributed by atoms with Crippen molar-refractivity contribution < 1.29 is 9.90 Å². The zero-order valence-corrected chi connectivity index (χ0v) is 7.77. The number of nitrogens with two attached hydrogens (primary N) is 1. The van der Waals surface area contributed by atoms with E-state index in [9.17, 15) is 4.79 Å². The van der Waals surface area contributed by atoms with Gasteiger partial charge in [0.25, 0.3) is 0 Å². The van der Waals surface area contributed by atoms with Crippen LogP contribution in [0.25, 0.3) is 11.1 Å². The fourth-order valence-corrected chi connectivity index (χ4v) is 1.43. The molecule has 0 atom stereocenters. The van der Waals surface area contributed by atoms with Gasteiger partial charge in [0, 0.05) is 24.2 Å². The first-order chi connectivity index (χ1) is 7.20. The molecule has 0 fully saturated rings. The molecule has 0 spiro atoms. The second kappa shape index (κ2) is 3.45. The molecular formula is C10H9N3O2. The monoisotopic (exact) mass is 203 g/mol. The summed E-state index contributed by atoms with van der Waals surface area (Å²) in [5.41, 5.74) is 6.97. The lowest BCUT2D eigenvalue weighted by atomic mass is 10.1. The lowest BCUT2D eigenvalue weighted by molar-refractivity contribution is 0.0699. The maximum Gasteiger partial charge on any atom is 0.340 e. The zero-order valence-electron chi connectivity index (χ0n) is 7.77. The molecule has 0 amide bonds. The molecule has 76 valence electrons. The van der Waals surface area contributed by atoms with Gasteiger partial charge in [-0.1, -0.05) is 0 Å². The van der Waals surface area contributed by atoms with Crippen LogP contribution in [-0.4, -0.2) is 21.0 Å². The lowest BCUT2D eigenvalue weighted by Gasteiger charge is -1.99. The predicted octanol–water partition coefficient (Wildman–Crippen LogP) is 1.36. The largest absolute Gasteiger partial charge is 0.478 e. The number of nitrogens with zero attached hydrogens (tertiary/aromatic N) is 1. The van der Waals surface area contributed by atoms with Crippen molar-refractivity contribution in [1.29, 1.82) is 0 Å². The smallest absolute Gasteiger partial charge is 0.340 e. The van der Waals surface area contributed by atoms with Gasteiger partial charge in [-0.05, 0) is 17.7 Å². The number of carbonyl (C=O) groups is 1. The third-order valence-electron chi connectivity index (χ3n) is 2.12. The van der Waals surface area contributed by atoms with Crippen molar-refractivity contribution in [2.45, 2.75) is 0 Å². The quantitative estimate of drug-likeness (QED) is 0.687. The molecule has 2 rings (SSSR count). The minimum Gasteiger partial charge on any atom is -0.478 e. The highest BCUT2D eigenvalue weighted by Crippen LogP contribution is 2.26. The molecule has 0 bridgehead atoms. The molecule has 2 aromatic rings. The predicted molar refractivity (Wildman–Crippen MR) is 55.4 cm³/mol. The highest BCUT2D eigenvalue weighted by molar-refractivity contribution is 6.00. The second-order valence-corrected chi connectivity index (χ2v) is 3.03. The van der Waals surface area contributed by atoms with Gasteiger partial charge < -0.3 is 15.8 Å². The van der Waals surface area contributed by atoms with Crippen molar-refractivity contribution in [3.63, 3.8) is 0 Å². The van der Waals surface area contributed by atoms with Crippen molar-refractivity contribution >= 4 is 11.8 Å². The molecule has 0 aliphatic heterocycles. The van der Waals surface area contributed by atoms with Crippen LogP contribution < -0.4 is 5.73 Å². The van der Waals surface area contributed by atoms with Crippen LogP contribution >= 0.6 is 0 Å². The normalized spacial score (nSPS) is 10.1. The molecular weight excluding hydrogens is 194 g/mol. The van der Waals surface area contributed by atoms with Crippen LogP contribution in [0.4, 0.5) is 5.82 Å². The summed E-state index contributed by atoms with van der Waals surface area (Å²) in [6.45, 7) is 0.